The van der Waals surface area contributed by atoms with Gasteiger partial charge in [-0.2, -0.15) is 0 Å². The summed E-state index contributed by atoms with van der Waals surface area (Å²) >= 11 is 1.12. The standard InChI is InChI=1S/C20H32N2O5S2/c1-14(23)28-13-16(21-18(24)27-20(5,6)7)12-15-8-10-17(11-9-15)29(25,26)22-19(2,3)4/h8-11,16,22H,12-13H2,1-7H3,(H,21,24). The number of nitrogens with one attached hydrogen (secondary N) is 2. The van der Waals surface area contributed by atoms with Gasteiger partial charge in [0.05, 0.1) is 4.90 Å². The largest absolute Gasteiger partial charge is 0.444 e. The Morgan fingerprint density at radius 1 is 1.07 bits per heavy atom. The summed E-state index contributed by atoms with van der Waals surface area (Å²) in [5.41, 5.74) is -0.368. The fourth-order valence-electron chi connectivity index (χ4n) is 2.40. The maximum atomic E-state index is 12.4. The lowest BCUT2D eigenvalue weighted by atomic mass is 10.1. The monoisotopic (exact) mass is 444 g/mol. The summed E-state index contributed by atoms with van der Waals surface area (Å²) in [4.78, 5) is 23.6. The molecule has 0 aromatic heterocycles. The first-order valence-electron chi connectivity index (χ1n) is 9.33. The number of hydrogen-bond donors (Lipinski definition) is 2. The van der Waals surface area contributed by atoms with Gasteiger partial charge in [0.2, 0.25) is 10.0 Å². The number of carbonyl (C=O) groups is 2. The average Bonchev–Trinajstić information content (AvgIpc) is 2.49. The number of amides is 1. The van der Waals surface area contributed by atoms with E-state index in [1.165, 1.54) is 19.1 Å². The molecule has 9 heteroatoms. The quantitative estimate of drug-likeness (QED) is 0.668. The zero-order valence-electron chi connectivity index (χ0n) is 18.2. The molecule has 1 aromatic carbocycles. The molecule has 0 bridgehead atoms. The summed E-state index contributed by atoms with van der Waals surface area (Å²) in [6.45, 7) is 12.1. The molecule has 1 amide bonds. The number of benzene rings is 1. The van der Waals surface area contributed by atoms with E-state index in [1.54, 1.807) is 53.7 Å². The molecule has 0 saturated carbocycles. The van der Waals surface area contributed by atoms with Gasteiger partial charge in [-0.05, 0) is 65.7 Å². The van der Waals surface area contributed by atoms with Crippen molar-refractivity contribution in [1.82, 2.24) is 10.0 Å². The topological polar surface area (TPSA) is 102 Å². The zero-order chi connectivity index (χ0) is 22.5. The van der Waals surface area contributed by atoms with Gasteiger partial charge >= 0.3 is 6.09 Å². The van der Waals surface area contributed by atoms with Crippen molar-refractivity contribution in [3.63, 3.8) is 0 Å². The van der Waals surface area contributed by atoms with E-state index < -0.39 is 27.3 Å². The number of carbonyl (C=O) groups excluding carboxylic acids is 2. The van der Waals surface area contributed by atoms with E-state index in [4.69, 9.17) is 4.74 Å². The van der Waals surface area contributed by atoms with E-state index in [-0.39, 0.29) is 16.1 Å². The molecule has 0 fully saturated rings. The van der Waals surface area contributed by atoms with Crippen LogP contribution in [0, 0.1) is 0 Å². The highest BCUT2D eigenvalue weighted by Crippen LogP contribution is 2.16. The number of hydrogen-bond acceptors (Lipinski definition) is 6. The SMILES string of the molecule is CC(=O)SCC(Cc1ccc(S(=O)(=O)NC(C)(C)C)cc1)NC(=O)OC(C)(C)C. The second-order valence-corrected chi connectivity index (χ2v) is 11.7. The number of thioether (sulfide) groups is 1. The van der Waals surface area contributed by atoms with Crippen molar-refractivity contribution in [3.8, 4) is 0 Å². The first kappa shape index (κ1) is 25.5. The Morgan fingerprint density at radius 2 is 1.62 bits per heavy atom. The normalized spacial score (nSPS) is 13.6. The van der Waals surface area contributed by atoms with E-state index in [1.807, 2.05) is 0 Å². The predicted octanol–water partition coefficient (Wildman–Crippen LogP) is 3.48. The van der Waals surface area contributed by atoms with Crippen LogP contribution >= 0.6 is 11.8 Å². The minimum atomic E-state index is -3.61. The van der Waals surface area contributed by atoms with Gasteiger partial charge in [-0.25, -0.2) is 17.9 Å². The summed E-state index contributed by atoms with van der Waals surface area (Å²) in [6.07, 6.45) is -0.118. The number of alkyl carbamates (subject to hydrolysis) is 1. The van der Waals surface area contributed by atoms with E-state index in [0.29, 0.717) is 12.2 Å². The van der Waals surface area contributed by atoms with Crippen LogP contribution < -0.4 is 10.0 Å². The lowest BCUT2D eigenvalue weighted by Gasteiger charge is -2.23. The van der Waals surface area contributed by atoms with Crippen molar-refractivity contribution < 1.29 is 22.7 Å². The Labute approximate surface area is 178 Å². The van der Waals surface area contributed by atoms with E-state index in [9.17, 15) is 18.0 Å². The van der Waals surface area contributed by atoms with Gasteiger partial charge in [0.15, 0.2) is 5.12 Å². The highest BCUT2D eigenvalue weighted by Gasteiger charge is 2.23. The van der Waals surface area contributed by atoms with Gasteiger partial charge < -0.3 is 10.1 Å². The molecule has 0 saturated heterocycles. The molecule has 29 heavy (non-hydrogen) atoms. The third-order valence-electron chi connectivity index (χ3n) is 3.36. The molecular formula is C20H32N2O5S2. The molecule has 0 aliphatic rings. The van der Waals surface area contributed by atoms with Crippen LogP contribution in [0.1, 0.15) is 54.0 Å². The summed E-state index contributed by atoms with van der Waals surface area (Å²) in [5, 5.41) is 2.74. The van der Waals surface area contributed by atoms with Crippen LogP contribution in [0.5, 0.6) is 0 Å². The second-order valence-electron chi connectivity index (χ2n) is 8.85. The lowest BCUT2D eigenvalue weighted by molar-refractivity contribution is -0.109. The highest BCUT2D eigenvalue weighted by molar-refractivity contribution is 8.13. The van der Waals surface area contributed by atoms with Crippen LogP contribution in [-0.4, -0.2) is 42.6 Å². The number of sulfonamides is 1. The first-order valence-corrected chi connectivity index (χ1v) is 11.8. The fraction of sp³-hybridized carbons (Fsp3) is 0.600. The Bertz CT molecular complexity index is 807. The van der Waals surface area contributed by atoms with E-state index in [2.05, 4.69) is 10.0 Å². The van der Waals surface area contributed by atoms with Crippen LogP contribution in [0.4, 0.5) is 4.79 Å². The zero-order valence-corrected chi connectivity index (χ0v) is 19.8. The van der Waals surface area contributed by atoms with Gasteiger partial charge in [0.1, 0.15) is 5.60 Å². The van der Waals surface area contributed by atoms with Crippen LogP contribution in [0.25, 0.3) is 0 Å². The van der Waals surface area contributed by atoms with Gasteiger partial charge in [-0.15, -0.1) is 0 Å². The first-order chi connectivity index (χ1) is 13.1. The average molecular weight is 445 g/mol. The third kappa shape index (κ3) is 10.7. The molecule has 0 spiro atoms. The van der Waals surface area contributed by atoms with Gasteiger partial charge in [-0.3, -0.25) is 4.79 Å². The smallest absolute Gasteiger partial charge is 0.407 e. The van der Waals surface area contributed by atoms with Crippen molar-refractivity contribution in [2.45, 2.75) is 77.0 Å². The van der Waals surface area contributed by atoms with Crippen LogP contribution in [0.2, 0.25) is 0 Å². The second kappa shape index (κ2) is 9.95. The van der Waals surface area contributed by atoms with Crippen molar-refractivity contribution in [2.75, 3.05) is 5.75 Å². The molecule has 0 aliphatic heterocycles. The fourth-order valence-corrected chi connectivity index (χ4v) is 4.45. The lowest BCUT2D eigenvalue weighted by Crippen LogP contribution is -2.41. The van der Waals surface area contributed by atoms with Crippen molar-refractivity contribution in [3.05, 3.63) is 29.8 Å². The maximum Gasteiger partial charge on any atom is 0.407 e. The Hall–Kier alpha value is -1.58. The van der Waals surface area contributed by atoms with Crippen molar-refractivity contribution in [2.24, 2.45) is 0 Å². The van der Waals surface area contributed by atoms with Crippen molar-refractivity contribution in [1.29, 1.82) is 0 Å². The molecule has 1 atom stereocenters. The van der Waals surface area contributed by atoms with Gasteiger partial charge in [0.25, 0.3) is 0 Å². The Morgan fingerprint density at radius 3 is 2.07 bits per heavy atom. The number of rotatable bonds is 7. The minimum Gasteiger partial charge on any atom is -0.444 e. The molecule has 0 aliphatic carbocycles. The molecule has 164 valence electrons. The molecule has 0 heterocycles. The molecule has 7 nitrogen and oxygen atoms in total. The van der Waals surface area contributed by atoms with Crippen LogP contribution in [0.15, 0.2) is 29.2 Å². The maximum absolute atomic E-state index is 12.4. The Kier molecular flexibility index (Phi) is 8.74. The Balaban J connectivity index is 2.90. The number of ether oxygens (including phenoxy) is 1. The predicted molar refractivity (Wildman–Crippen MR) is 117 cm³/mol. The van der Waals surface area contributed by atoms with E-state index >= 15 is 0 Å². The minimum absolute atomic E-state index is 0.0457. The van der Waals surface area contributed by atoms with Crippen LogP contribution in [-0.2, 0) is 26.0 Å². The molecule has 1 unspecified atom stereocenters. The molecule has 0 radical (unpaired) electrons. The summed E-state index contributed by atoms with van der Waals surface area (Å²) in [5.74, 6) is 0.389. The van der Waals surface area contributed by atoms with E-state index in [0.717, 1.165) is 17.3 Å². The molecular weight excluding hydrogens is 412 g/mol. The molecule has 1 rings (SSSR count). The third-order valence-corrected chi connectivity index (χ3v) is 6.11. The van der Waals surface area contributed by atoms with Gasteiger partial charge in [0, 0.05) is 24.3 Å². The van der Waals surface area contributed by atoms with Crippen LogP contribution in [0.3, 0.4) is 0 Å². The molecule has 1 aromatic rings. The summed E-state index contributed by atoms with van der Waals surface area (Å²) in [7, 11) is -3.61. The summed E-state index contributed by atoms with van der Waals surface area (Å²) in [6, 6.07) is 6.14. The van der Waals surface area contributed by atoms with Crippen molar-refractivity contribution >= 4 is 33.0 Å². The van der Waals surface area contributed by atoms with Gasteiger partial charge in [-0.1, -0.05) is 23.9 Å². The highest BCUT2D eigenvalue weighted by atomic mass is 32.2. The summed E-state index contributed by atoms with van der Waals surface area (Å²) < 4.78 is 32.7. The molecule has 2 N–H and O–H groups in total.